The third-order valence-electron chi connectivity index (χ3n) is 2.86. The second-order valence-corrected chi connectivity index (χ2v) is 5.66. The lowest BCUT2D eigenvalue weighted by atomic mass is 10.2. The maximum Gasteiger partial charge on any atom is 0.417 e. The summed E-state index contributed by atoms with van der Waals surface area (Å²) in [6.45, 7) is 3.61. The largest absolute Gasteiger partial charge is 0.417 e. The van der Waals surface area contributed by atoms with Crippen LogP contribution in [-0.2, 0) is 6.18 Å². The zero-order valence-corrected chi connectivity index (χ0v) is 13.5. The van der Waals surface area contributed by atoms with Crippen LogP contribution in [0.1, 0.15) is 29.9 Å². The van der Waals surface area contributed by atoms with Gasteiger partial charge >= 0.3 is 6.18 Å². The number of halogens is 4. The Kier molecular flexibility index (Phi) is 5.28. The van der Waals surface area contributed by atoms with Crippen LogP contribution in [0.5, 0.6) is 0 Å². The highest BCUT2D eigenvalue weighted by Crippen LogP contribution is 2.36. The number of hydrogen-bond donors (Lipinski definition) is 2. The summed E-state index contributed by atoms with van der Waals surface area (Å²) in [5, 5.41) is 12.5. The maximum absolute atomic E-state index is 12.8. The van der Waals surface area contributed by atoms with Gasteiger partial charge in [0.15, 0.2) is 11.5 Å². The second kappa shape index (κ2) is 7.04. The summed E-state index contributed by atoms with van der Waals surface area (Å²) in [5.74, 6) is -0.179. The molecule has 0 aliphatic heterocycles. The van der Waals surface area contributed by atoms with Crippen LogP contribution in [0.15, 0.2) is 30.3 Å². The standard InChI is InChI=1S/C15H14ClF3N4O/c1-8(2)20-14(24)12-5-6-13(23-22-12)21-9-3-4-11(16)10(7-9)15(17,18)19/h3-8H,1-2H3,(H,20,24)(H,21,23). The normalized spacial score (nSPS) is 11.5. The molecule has 1 amide bonds. The summed E-state index contributed by atoms with van der Waals surface area (Å²) >= 11 is 5.56. The van der Waals surface area contributed by atoms with Gasteiger partial charge in [0.1, 0.15) is 0 Å². The molecule has 0 radical (unpaired) electrons. The van der Waals surface area contributed by atoms with Gasteiger partial charge in [0.2, 0.25) is 0 Å². The van der Waals surface area contributed by atoms with Crippen molar-refractivity contribution in [2.45, 2.75) is 26.1 Å². The second-order valence-electron chi connectivity index (χ2n) is 5.25. The molecule has 1 aromatic heterocycles. The van der Waals surface area contributed by atoms with Crippen molar-refractivity contribution >= 4 is 29.0 Å². The van der Waals surface area contributed by atoms with E-state index in [4.69, 9.17) is 11.6 Å². The molecule has 0 atom stereocenters. The van der Waals surface area contributed by atoms with Crippen molar-refractivity contribution in [3.63, 3.8) is 0 Å². The van der Waals surface area contributed by atoms with E-state index in [0.717, 1.165) is 12.1 Å². The molecular formula is C15H14ClF3N4O. The predicted octanol–water partition coefficient (Wildman–Crippen LogP) is 4.03. The maximum atomic E-state index is 12.8. The lowest BCUT2D eigenvalue weighted by Crippen LogP contribution is -2.30. The average Bonchev–Trinajstić information content (AvgIpc) is 2.48. The molecule has 2 rings (SSSR count). The summed E-state index contributed by atoms with van der Waals surface area (Å²) in [4.78, 5) is 11.7. The SMILES string of the molecule is CC(C)NC(=O)c1ccc(Nc2ccc(Cl)c(C(F)(F)F)c2)nn1. The lowest BCUT2D eigenvalue weighted by Gasteiger charge is -2.12. The first-order chi connectivity index (χ1) is 11.2. The molecule has 24 heavy (non-hydrogen) atoms. The number of amides is 1. The van der Waals surface area contributed by atoms with Gasteiger partial charge in [-0.3, -0.25) is 4.79 Å². The van der Waals surface area contributed by atoms with E-state index in [1.165, 1.54) is 18.2 Å². The number of nitrogens with one attached hydrogen (secondary N) is 2. The Morgan fingerprint density at radius 1 is 1.17 bits per heavy atom. The molecule has 5 nitrogen and oxygen atoms in total. The summed E-state index contributed by atoms with van der Waals surface area (Å²) in [7, 11) is 0. The minimum Gasteiger partial charge on any atom is -0.348 e. The predicted molar refractivity (Wildman–Crippen MR) is 84.4 cm³/mol. The quantitative estimate of drug-likeness (QED) is 0.866. The van der Waals surface area contributed by atoms with Gasteiger partial charge in [0, 0.05) is 11.7 Å². The Morgan fingerprint density at radius 3 is 2.42 bits per heavy atom. The van der Waals surface area contributed by atoms with Gasteiger partial charge in [0.05, 0.1) is 10.6 Å². The molecule has 1 aromatic carbocycles. The fraction of sp³-hybridized carbons (Fsp3) is 0.267. The molecule has 0 bridgehead atoms. The van der Waals surface area contributed by atoms with Gasteiger partial charge in [-0.1, -0.05) is 11.6 Å². The van der Waals surface area contributed by atoms with Crippen LogP contribution in [0, 0.1) is 0 Å². The molecule has 0 saturated carbocycles. The van der Waals surface area contributed by atoms with Crippen molar-refractivity contribution in [2.24, 2.45) is 0 Å². The zero-order chi connectivity index (χ0) is 17.9. The van der Waals surface area contributed by atoms with E-state index in [1.807, 2.05) is 0 Å². The van der Waals surface area contributed by atoms with E-state index in [9.17, 15) is 18.0 Å². The molecule has 2 aromatic rings. The number of nitrogens with zero attached hydrogens (tertiary/aromatic N) is 2. The third-order valence-corrected chi connectivity index (χ3v) is 3.19. The molecule has 1 heterocycles. The number of carbonyl (C=O) groups is 1. The number of hydrogen-bond acceptors (Lipinski definition) is 4. The lowest BCUT2D eigenvalue weighted by molar-refractivity contribution is -0.137. The molecule has 0 spiro atoms. The third kappa shape index (κ3) is 4.58. The first-order valence-electron chi connectivity index (χ1n) is 6.95. The smallest absolute Gasteiger partial charge is 0.348 e. The van der Waals surface area contributed by atoms with Crippen LogP contribution in [0.2, 0.25) is 5.02 Å². The highest BCUT2D eigenvalue weighted by atomic mass is 35.5. The minimum absolute atomic E-state index is 0.0491. The Morgan fingerprint density at radius 2 is 1.88 bits per heavy atom. The Hall–Kier alpha value is -2.35. The number of alkyl halides is 3. The van der Waals surface area contributed by atoms with Crippen molar-refractivity contribution in [1.82, 2.24) is 15.5 Å². The first kappa shape index (κ1) is 18.0. The Bertz CT molecular complexity index is 732. The Labute approximate surface area is 141 Å². The van der Waals surface area contributed by atoms with E-state index < -0.39 is 11.7 Å². The fourth-order valence-electron chi connectivity index (χ4n) is 1.82. The van der Waals surface area contributed by atoms with Crippen molar-refractivity contribution in [2.75, 3.05) is 5.32 Å². The number of carbonyl (C=O) groups excluding carboxylic acids is 1. The number of anilines is 2. The van der Waals surface area contributed by atoms with Gasteiger partial charge in [-0.2, -0.15) is 13.2 Å². The van der Waals surface area contributed by atoms with Crippen molar-refractivity contribution < 1.29 is 18.0 Å². The van der Waals surface area contributed by atoms with Gasteiger partial charge in [-0.05, 0) is 44.2 Å². The van der Waals surface area contributed by atoms with Crippen LogP contribution in [0.3, 0.4) is 0 Å². The molecule has 0 saturated heterocycles. The van der Waals surface area contributed by atoms with Crippen LogP contribution in [-0.4, -0.2) is 22.1 Å². The number of aromatic nitrogens is 2. The molecule has 9 heteroatoms. The fourth-order valence-corrected chi connectivity index (χ4v) is 2.05. The van der Waals surface area contributed by atoms with Gasteiger partial charge in [-0.25, -0.2) is 0 Å². The Balaban J connectivity index is 2.16. The van der Waals surface area contributed by atoms with E-state index in [2.05, 4.69) is 20.8 Å². The summed E-state index contributed by atoms with van der Waals surface area (Å²) in [6, 6.07) is 6.23. The molecule has 0 unspecified atom stereocenters. The van der Waals surface area contributed by atoms with Gasteiger partial charge < -0.3 is 10.6 Å². The molecule has 2 N–H and O–H groups in total. The van der Waals surface area contributed by atoms with Gasteiger partial charge in [0.25, 0.3) is 5.91 Å². The van der Waals surface area contributed by atoms with Crippen LogP contribution < -0.4 is 10.6 Å². The summed E-state index contributed by atoms with van der Waals surface area (Å²) in [5.41, 5.74) is -0.684. The minimum atomic E-state index is -4.56. The molecule has 128 valence electrons. The highest BCUT2D eigenvalue weighted by Gasteiger charge is 2.33. The summed E-state index contributed by atoms with van der Waals surface area (Å²) < 4.78 is 38.5. The van der Waals surface area contributed by atoms with E-state index >= 15 is 0 Å². The van der Waals surface area contributed by atoms with E-state index in [0.29, 0.717) is 0 Å². The molecule has 0 fully saturated rings. The topological polar surface area (TPSA) is 66.9 Å². The number of benzene rings is 1. The van der Waals surface area contributed by atoms with Gasteiger partial charge in [-0.15, -0.1) is 10.2 Å². The summed E-state index contributed by atoms with van der Waals surface area (Å²) in [6.07, 6.45) is -4.56. The first-order valence-corrected chi connectivity index (χ1v) is 7.33. The molecule has 0 aliphatic rings. The average molecular weight is 359 g/mol. The number of rotatable bonds is 4. The molecular weight excluding hydrogens is 345 g/mol. The van der Waals surface area contributed by atoms with E-state index in [1.54, 1.807) is 13.8 Å². The zero-order valence-electron chi connectivity index (χ0n) is 12.8. The van der Waals surface area contributed by atoms with Crippen molar-refractivity contribution in [3.8, 4) is 0 Å². The van der Waals surface area contributed by atoms with Crippen molar-refractivity contribution in [1.29, 1.82) is 0 Å². The van der Waals surface area contributed by atoms with Crippen molar-refractivity contribution in [3.05, 3.63) is 46.6 Å². The molecule has 0 aliphatic carbocycles. The van der Waals surface area contributed by atoms with E-state index in [-0.39, 0.29) is 34.2 Å². The monoisotopic (exact) mass is 358 g/mol. The van der Waals surface area contributed by atoms with Crippen LogP contribution in [0.25, 0.3) is 0 Å². The van der Waals surface area contributed by atoms with Crippen LogP contribution >= 0.6 is 11.6 Å². The highest BCUT2D eigenvalue weighted by molar-refractivity contribution is 6.31. The van der Waals surface area contributed by atoms with Crippen LogP contribution in [0.4, 0.5) is 24.7 Å².